The molecule has 12 heavy (non-hydrogen) atoms. The van der Waals surface area contributed by atoms with Crippen molar-refractivity contribution in [3.8, 4) is 10.9 Å². The first-order valence-electron chi connectivity index (χ1n) is 3.63. The van der Waals surface area contributed by atoms with Crippen LogP contribution in [0.4, 0.5) is 0 Å². The van der Waals surface area contributed by atoms with Gasteiger partial charge in [-0.15, -0.1) is 0 Å². The maximum Gasteiger partial charge on any atom is 0.419 e. The number of ether oxygens (including phenoxy) is 2. The minimum atomic E-state index is -1.50. The molecular weight excluding hydrogens is 180 g/mol. The van der Waals surface area contributed by atoms with Crippen molar-refractivity contribution in [2.24, 2.45) is 0 Å². The zero-order valence-electron chi connectivity index (χ0n) is 6.94. The van der Waals surface area contributed by atoms with E-state index in [0.717, 1.165) is 0 Å². The molecule has 0 aliphatic carbocycles. The van der Waals surface area contributed by atoms with E-state index < -0.39 is 10.9 Å². The van der Waals surface area contributed by atoms with Crippen molar-refractivity contribution in [2.45, 2.75) is 13.8 Å². The minimum Gasteiger partial charge on any atom is -0.564 e. The predicted octanol–water partition coefficient (Wildman–Crippen LogP) is 1.00. The fourth-order valence-corrected chi connectivity index (χ4v) is 1.38. The topological polar surface area (TPSA) is 67.3 Å². The summed E-state index contributed by atoms with van der Waals surface area (Å²) in [6, 6.07) is 0. The van der Waals surface area contributed by atoms with Gasteiger partial charge in [0.05, 0.1) is 17.7 Å². The molecule has 0 radical (unpaired) electrons. The van der Waals surface area contributed by atoms with E-state index in [1.165, 1.54) is 0 Å². The predicted molar refractivity (Wildman–Crippen MR) is 43.0 cm³/mol. The first-order chi connectivity index (χ1) is 5.79. The summed E-state index contributed by atoms with van der Waals surface area (Å²) >= 11 is 0. The highest BCUT2D eigenvalue weighted by Gasteiger charge is 2.21. The minimum absolute atomic E-state index is 0.222. The lowest BCUT2D eigenvalue weighted by molar-refractivity contribution is 0.284. The van der Waals surface area contributed by atoms with Gasteiger partial charge in [-0.2, -0.15) is 0 Å². The highest BCUT2D eigenvalue weighted by Crippen LogP contribution is 2.34. The Balaban J connectivity index is 2.80. The van der Waals surface area contributed by atoms with Gasteiger partial charge in [0.2, 0.25) is 0 Å². The number of rotatable bonds is 4. The molecule has 1 atom stereocenters. The lowest BCUT2D eigenvalue weighted by Crippen LogP contribution is -1.96. The van der Waals surface area contributed by atoms with Gasteiger partial charge in [-0.3, -0.25) is 0 Å². The van der Waals surface area contributed by atoms with Crippen LogP contribution in [0.2, 0.25) is 0 Å². The molecule has 0 aliphatic heterocycles. The largest absolute Gasteiger partial charge is 0.564 e. The standard InChI is InChI=1S/C6H10N2O3S/c1-3-10-5-6(11-4-2)12(9)8-7-5/h3-4H2,1-2H3. The number of aromatic nitrogens is 2. The molecule has 5 nitrogen and oxygen atoms in total. The lowest BCUT2D eigenvalue weighted by atomic mass is 10.7. The van der Waals surface area contributed by atoms with Gasteiger partial charge in [0, 0.05) is 0 Å². The molecule has 0 spiro atoms. The lowest BCUT2D eigenvalue weighted by Gasteiger charge is -1.98. The Kier molecular flexibility index (Phi) is 3.24. The van der Waals surface area contributed by atoms with Crippen molar-refractivity contribution in [3.63, 3.8) is 0 Å². The maximum atomic E-state index is 11.0. The van der Waals surface area contributed by atoms with Gasteiger partial charge in [0.1, 0.15) is 10.9 Å². The van der Waals surface area contributed by atoms with E-state index in [0.29, 0.717) is 13.2 Å². The fourth-order valence-electron chi connectivity index (χ4n) is 0.695. The Morgan fingerprint density at radius 1 is 1.33 bits per heavy atom. The van der Waals surface area contributed by atoms with E-state index >= 15 is 0 Å². The molecule has 0 aromatic carbocycles. The highest BCUT2D eigenvalue weighted by molar-refractivity contribution is 7.21. The monoisotopic (exact) mass is 190 g/mol. The average Bonchev–Trinajstić information content (AvgIpc) is 2.37. The summed E-state index contributed by atoms with van der Waals surface area (Å²) in [7, 11) is -1.50. The van der Waals surface area contributed by atoms with E-state index in [4.69, 9.17) is 9.47 Å². The molecule has 1 unspecified atom stereocenters. The van der Waals surface area contributed by atoms with Crippen LogP contribution < -0.4 is 9.47 Å². The Labute approximate surface area is 73.3 Å². The maximum absolute atomic E-state index is 11.0. The molecule has 6 heteroatoms. The van der Waals surface area contributed by atoms with Crippen LogP contribution in [0.1, 0.15) is 13.8 Å². The first-order valence-corrected chi connectivity index (χ1v) is 4.73. The third-order valence-electron chi connectivity index (χ3n) is 1.10. The Morgan fingerprint density at radius 3 is 2.58 bits per heavy atom. The van der Waals surface area contributed by atoms with Crippen LogP contribution in [0.15, 0.2) is 0 Å². The van der Waals surface area contributed by atoms with Crippen molar-refractivity contribution in [1.82, 2.24) is 9.59 Å². The van der Waals surface area contributed by atoms with Gasteiger partial charge in [0.15, 0.2) is 0 Å². The summed E-state index contributed by atoms with van der Waals surface area (Å²) in [5.74, 6) is 0.234. The van der Waals surface area contributed by atoms with Crippen molar-refractivity contribution in [1.29, 1.82) is 0 Å². The molecule has 0 aliphatic rings. The van der Waals surface area contributed by atoms with Gasteiger partial charge in [-0.05, 0) is 13.8 Å². The van der Waals surface area contributed by atoms with Gasteiger partial charge in [0.25, 0.3) is 0 Å². The zero-order chi connectivity index (χ0) is 8.97. The first kappa shape index (κ1) is 9.21. The average molecular weight is 190 g/mol. The van der Waals surface area contributed by atoms with E-state index in [1.807, 2.05) is 6.92 Å². The van der Waals surface area contributed by atoms with Crippen molar-refractivity contribution in [2.75, 3.05) is 13.2 Å². The summed E-state index contributed by atoms with van der Waals surface area (Å²) in [6.45, 7) is 4.50. The van der Waals surface area contributed by atoms with Crippen LogP contribution in [0, 0.1) is 0 Å². The summed E-state index contributed by atoms with van der Waals surface area (Å²) in [6.07, 6.45) is 0. The molecule has 1 heterocycles. The van der Waals surface area contributed by atoms with Gasteiger partial charge >= 0.3 is 10.9 Å². The molecule has 0 bridgehead atoms. The van der Waals surface area contributed by atoms with Crippen LogP contribution >= 0.6 is 10.9 Å². The Morgan fingerprint density at radius 2 is 2.00 bits per heavy atom. The second-order valence-electron chi connectivity index (χ2n) is 1.89. The van der Waals surface area contributed by atoms with Crippen molar-refractivity contribution >= 4 is 10.9 Å². The smallest absolute Gasteiger partial charge is 0.419 e. The molecule has 1 aromatic rings. The molecule has 0 saturated heterocycles. The molecule has 0 fully saturated rings. The highest BCUT2D eigenvalue weighted by atomic mass is 32.2. The quantitative estimate of drug-likeness (QED) is 0.662. The van der Waals surface area contributed by atoms with Crippen molar-refractivity contribution in [3.05, 3.63) is 0 Å². The summed E-state index contributed by atoms with van der Waals surface area (Å²) < 4.78 is 24.5. The van der Waals surface area contributed by atoms with Gasteiger partial charge in [-0.1, -0.05) is 5.10 Å². The molecule has 1 aromatic heterocycles. The molecule has 68 valence electrons. The molecule has 0 amide bonds. The third kappa shape index (κ3) is 1.83. The number of hydrogen-bond donors (Lipinski definition) is 0. The van der Waals surface area contributed by atoms with Crippen LogP contribution in [0.5, 0.6) is 10.9 Å². The van der Waals surface area contributed by atoms with Crippen molar-refractivity contribution < 1.29 is 14.0 Å². The number of hydrogen-bond acceptors (Lipinski definition) is 5. The second kappa shape index (κ2) is 4.22. The summed E-state index contributed by atoms with van der Waals surface area (Å²) in [5, 5.41) is 3.79. The van der Waals surface area contributed by atoms with Crippen LogP contribution in [0.25, 0.3) is 0 Å². The van der Waals surface area contributed by atoms with E-state index in [2.05, 4.69) is 9.59 Å². The third-order valence-corrected chi connectivity index (χ3v) is 1.94. The Hall–Kier alpha value is -0.880. The number of nitrogens with zero attached hydrogens (tertiary/aromatic N) is 2. The van der Waals surface area contributed by atoms with E-state index in [9.17, 15) is 4.55 Å². The molecule has 0 N–H and O–H groups in total. The van der Waals surface area contributed by atoms with Gasteiger partial charge < -0.3 is 14.0 Å². The fraction of sp³-hybridized carbons (Fsp3) is 0.667. The normalized spacial score (nSPS) is 11.4. The zero-order valence-corrected chi connectivity index (χ0v) is 7.76. The van der Waals surface area contributed by atoms with E-state index in [-0.39, 0.29) is 10.9 Å². The SMILES string of the molecule is CCOc1nn[s+]([O-])c1OCC. The van der Waals surface area contributed by atoms with E-state index in [1.54, 1.807) is 6.92 Å². The summed E-state index contributed by atoms with van der Waals surface area (Å²) in [4.78, 5) is 0. The van der Waals surface area contributed by atoms with Crippen LogP contribution in [-0.2, 0) is 0 Å². The van der Waals surface area contributed by atoms with Crippen LogP contribution in [-0.4, -0.2) is 27.4 Å². The second-order valence-corrected chi connectivity index (χ2v) is 2.92. The van der Waals surface area contributed by atoms with Crippen LogP contribution in [0.3, 0.4) is 0 Å². The molecular formula is C6H10N2O3S. The summed E-state index contributed by atoms with van der Waals surface area (Å²) in [5.41, 5.74) is 0. The Bertz CT molecular complexity index is 251. The molecule has 0 saturated carbocycles. The van der Waals surface area contributed by atoms with Gasteiger partial charge in [-0.25, -0.2) is 0 Å². The molecule has 1 rings (SSSR count).